The van der Waals surface area contributed by atoms with E-state index in [4.69, 9.17) is 18.4 Å². The zero-order valence-corrected chi connectivity index (χ0v) is 16.5. The van der Waals surface area contributed by atoms with Crippen LogP contribution in [-0.4, -0.2) is 52.7 Å². The van der Waals surface area contributed by atoms with Crippen LogP contribution < -0.4 is 9.47 Å². The van der Waals surface area contributed by atoms with Crippen molar-refractivity contribution in [3.63, 3.8) is 0 Å². The Morgan fingerprint density at radius 3 is 1.82 bits per heavy atom. The molecular formula is C19H21NO7S. The molecule has 0 aromatic heterocycles. The van der Waals surface area contributed by atoms with Crippen molar-refractivity contribution in [3.05, 3.63) is 59.7 Å². The molecule has 1 aliphatic heterocycles. The van der Waals surface area contributed by atoms with E-state index in [1.807, 2.05) is 0 Å². The number of carbonyl (C=O) groups excluding carboxylic acids is 1. The minimum atomic E-state index is -4.15. The molecule has 0 aliphatic carbocycles. The van der Waals surface area contributed by atoms with Crippen LogP contribution in [0.2, 0.25) is 0 Å². The summed E-state index contributed by atoms with van der Waals surface area (Å²) in [7, 11) is 0.149. The molecule has 0 amide bonds. The Morgan fingerprint density at radius 2 is 1.43 bits per heavy atom. The van der Waals surface area contributed by atoms with Crippen LogP contribution in [0.4, 0.5) is 0 Å². The monoisotopic (exact) mass is 407 g/mol. The molecule has 150 valence electrons. The molecule has 2 aromatic rings. The number of esters is 1. The maximum absolute atomic E-state index is 12.7. The summed E-state index contributed by atoms with van der Waals surface area (Å²) in [6.07, 6.45) is 0. The number of hydrogen-bond acceptors (Lipinski definition) is 7. The first-order valence-electron chi connectivity index (χ1n) is 8.45. The van der Waals surface area contributed by atoms with Gasteiger partial charge in [0.1, 0.15) is 11.5 Å². The quantitative estimate of drug-likeness (QED) is 0.676. The van der Waals surface area contributed by atoms with Gasteiger partial charge in [-0.2, -0.15) is 12.7 Å². The number of nitrogens with zero attached hydrogens (tertiary/aromatic N) is 1. The Bertz CT molecular complexity index is 878. The average molecular weight is 407 g/mol. The first-order valence-corrected chi connectivity index (χ1v) is 9.81. The van der Waals surface area contributed by atoms with Crippen molar-refractivity contribution in [1.82, 2.24) is 4.31 Å². The molecule has 28 heavy (non-hydrogen) atoms. The van der Waals surface area contributed by atoms with E-state index in [9.17, 15) is 13.2 Å². The van der Waals surface area contributed by atoms with Crippen LogP contribution in [0, 0.1) is 0 Å². The van der Waals surface area contributed by atoms with Gasteiger partial charge in [-0.3, -0.25) is 8.98 Å². The smallest absolute Gasteiger partial charge is 0.340 e. The van der Waals surface area contributed by atoms with Gasteiger partial charge in [0.25, 0.3) is 0 Å². The van der Waals surface area contributed by atoms with Gasteiger partial charge in [-0.15, -0.1) is 0 Å². The summed E-state index contributed by atoms with van der Waals surface area (Å²) in [6.45, 7) is -0.308. The molecule has 0 saturated carbocycles. The van der Waals surface area contributed by atoms with E-state index < -0.39 is 28.4 Å². The Labute approximate surface area is 163 Å². The normalized spacial score (nSPS) is 18.8. The molecule has 8 nitrogen and oxygen atoms in total. The molecule has 1 heterocycles. The minimum absolute atomic E-state index is 0.308. The molecule has 0 bridgehead atoms. The predicted octanol–water partition coefficient (Wildman–Crippen LogP) is 1.91. The summed E-state index contributed by atoms with van der Waals surface area (Å²) in [5, 5.41) is 0. The molecule has 1 saturated heterocycles. The van der Waals surface area contributed by atoms with Crippen molar-refractivity contribution >= 4 is 16.3 Å². The number of rotatable bonds is 6. The van der Waals surface area contributed by atoms with Gasteiger partial charge in [0, 0.05) is 0 Å². The standard InChI is InChI=1S/C19H21NO7S/c1-24-15-8-4-13(5-9-15)18(14-6-10-16(25-2)11-7-14)20-17(19(21)26-3)12-27-28(20,22)23/h4-11,17-18H,12H2,1-3H3/t17-/m1/s1. The lowest BCUT2D eigenvalue weighted by Crippen LogP contribution is -2.43. The van der Waals surface area contributed by atoms with Crippen LogP contribution in [0.3, 0.4) is 0 Å². The first-order chi connectivity index (χ1) is 13.4. The van der Waals surface area contributed by atoms with E-state index >= 15 is 0 Å². The third-order valence-electron chi connectivity index (χ3n) is 4.53. The van der Waals surface area contributed by atoms with E-state index in [1.54, 1.807) is 62.8 Å². The summed E-state index contributed by atoms with van der Waals surface area (Å²) in [5.74, 6) is 0.567. The molecule has 9 heteroatoms. The molecule has 3 rings (SSSR count). The molecule has 1 fully saturated rings. The number of ether oxygens (including phenoxy) is 3. The van der Waals surface area contributed by atoms with Gasteiger partial charge in [0.15, 0.2) is 6.04 Å². The highest BCUT2D eigenvalue weighted by Crippen LogP contribution is 2.37. The van der Waals surface area contributed by atoms with E-state index in [0.717, 1.165) is 4.31 Å². The maximum atomic E-state index is 12.7. The van der Waals surface area contributed by atoms with E-state index in [0.29, 0.717) is 22.6 Å². The van der Waals surface area contributed by atoms with Gasteiger partial charge >= 0.3 is 16.3 Å². The Morgan fingerprint density at radius 1 is 0.964 bits per heavy atom. The van der Waals surface area contributed by atoms with Crippen molar-refractivity contribution in [2.75, 3.05) is 27.9 Å². The van der Waals surface area contributed by atoms with Crippen molar-refractivity contribution < 1.29 is 31.6 Å². The summed E-state index contributed by atoms with van der Waals surface area (Å²) in [5.41, 5.74) is 1.29. The van der Waals surface area contributed by atoms with Gasteiger partial charge in [-0.1, -0.05) is 24.3 Å². The Hall–Kier alpha value is -2.62. The third kappa shape index (κ3) is 3.82. The van der Waals surface area contributed by atoms with E-state index in [-0.39, 0.29) is 6.61 Å². The second kappa shape index (κ2) is 8.17. The van der Waals surface area contributed by atoms with Gasteiger partial charge in [-0.05, 0) is 35.4 Å². The summed E-state index contributed by atoms with van der Waals surface area (Å²) in [6, 6.07) is 12.0. The van der Waals surface area contributed by atoms with Crippen molar-refractivity contribution in [3.8, 4) is 11.5 Å². The van der Waals surface area contributed by atoms with Gasteiger partial charge < -0.3 is 14.2 Å². The summed E-state index contributed by atoms with van der Waals surface area (Å²) >= 11 is 0. The average Bonchev–Trinajstić information content (AvgIpc) is 3.03. The fourth-order valence-corrected chi connectivity index (χ4v) is 4.50. The maximum Gasteiger partial charge on any atom is 0.340 e. The molecule has 0 unspecified atom stereocenters. The molecule has 0 radical (unpaired) electrons. The van der Waals surface area contributed by atoms with Crippen LogP contribution in [0.1, 0.15) is 17.2 Å². The molecule has 1 aliphatic rings. The van der Waals surface area contributed by atoms with Crippen LogP contribution in [0.15, 0.2) is 48.5 Å². The van der Waals surface area contributed by atoms with E-state index in [1.165, 1.54) is 7.11 Å². The highest BCUT2D eigenvalue weighted by atomic mass is 32.2. The largest absolute Gasteiger partial charge is 0.497 e. The highest BCUT2D eigenvalue weighted by molar-refractivity contribution is 7.84. The Kier molecular flexibility index (Phi) is 5.87. The lowest BCUT2D eigenvalue weighted by Gasteiger charge is -2.29. The van der Waals surface area contributed by atoms with E-state index in [2.05, 4.69) is 0 Å². The fraction of sp³-hybridized carbons (Fsp3) is 0.316. The minimum Gasteiger partial charge on any atom is -0.497 e. The number of methoxy groups -OCH3 is 3. The third-order valence-corrected chi connectivity index (χ3v) is 5.95. The van der Waals surface area contributed by atoms with Crippen molar-refractivity contribution in [1.29, 1.82) is 0 Å². The summed E-state index contributed by atoms with van der Waals surface area (Å²) in [4.78, 5) is 12.2. The molecular weight excluding hydrogens is 386 g/mol. The topological polar surface area (TPSA) is 91.4 Å². The SMILES string of the molecule is COC(=O)[C@H]1COS(=O)(=O)N1C(c1ccc(OC)cc1)c1ccc(OC)cc1. The van der Waals surface area contributed by atoms with Gasteiger partial charge in [0.2, 0.25) is 0 Å². The highest BCUT2D eigenvalue weighted by Gasteiger charge is 2.48. The lowest BCUT2D eigenvalue weighted by molar-refractivity contribution is -0.145. The number of hydrogen-bond donors (Lipinski definition) is 0. The number of benzene rings is 2. The van der Waals surface area contributed by atoms with Crippen LogP contribution >= 0.6 is 0 Å². The molecule has 0 N–H and O–H groups in total. The summed E-state index contributed by atoms with van der Waals surface area (Å²) < 4.78 is 46.5. The Balaban J connectivity index is 2.14. The second-order valence-electron chi connectivity index (χ2n) is 6.06. The van der Waals surface area contributed by atoms with Crippen LogP contribution in [0.5, 0.6) is 11.5 Å². The first kappa shape index (κ1) is 20.1. The van der Waals surface area contributed by atoms with Crippen LogP contribution in [-0.2, 0) is 24.0 Å². The lowest BCUT2D eigenvalue weighted by atomic mass is 9.97. The zero-order valence-electron chi connectivity index (χ0n) is 15.7. The molecule has 1 atom stereocenters. The van der Waals surface area contributed by atoms with Crippen molar-refractivity contribution in [2.24, 2.45) is 0 Å². The second-order valence-corrected chi connectivity index (χ2v) is 7.57. The number of carbonyl (C=O) groups is 1. The molecule has 2 aromatic carbocycles. The zero-order chi connectivity index (χ0) is 20.3. The van der Waals surface area contributed by atoms with Gasteiger partial charge in [0.05, 0.1) is 34.0 Å². The predicted molar refractivity (Wildman–Crippen MR) is 100 cm³/mol. The molecule has 0 spiro atoms. The fourth-order valence-electron chi connectivity index (χ4n) is 3.12. The van der Waals surface area contributed by atoms with Gasteiger partial charge in [-0.25, -0.2) is 0 Å². The van der Waals surface area contributed by atoms with Crippen molar-refractivity contribution in [2.45, 2.75) is 12.1 Å². The van der Waals surface area contributed by atoms with Crippen LogP contribution in [0.25, 0.3) is 0 Å².